The minimum atomic E-state index is -0.222. The van der Waals surface area contributed by atoms with Crippen molar-refractivity contribution in [3.8, 4) is 22.9 Å². The summed E-state index contributed by atoms with van der Waals surface area (Å²) < 4.78 is 14.5. The first kappa shape index (κ1) is 21.4. The van der Waals surface area contributed by atoms with Crippen molar-refractivity contribution in [2.75, 3.05) is 20.2 Å². The third kappa shape index (κ3) is 3.53. The van der Waals surface area contributed by atoms with Gasteiger partial charge in [0.25, 0.3) is 5.91 Å². The van der Waals surface area contributed by atoms with E-state index in [0.29, 0.717) is 30.5 Å². The monoisotopic (exact) mass is 484 g/mol. The van der Waals surface area contributed by atoms with E-state index >= 15 is 0 Å². The number of aromatic nitrogens is 5. The molecule has 36 heavy (non-hydrogen) atoms. The van der Waals surface area contributed by atoms with E-state index in [1.54, 1.807) is 7.11 Å². The largest absolute Gasteiger partial charge is 0.496 e. The lowest BCUT2D eigenvalue weighted by Gasteiger charge is -2.44. The topological polar surface area (TPSA) is 98.2 Å². The Kier molecular flexibility index (Phi) is 4.80. The summed E-state index contributed by atoms with van der Waals surface area (Å²) >= 11 is 0. The first-order chi connectivity index (χ1) is 17.6. The van der Waals surface area contributed by atoms with Crippen LogP contribution in [0.2, 0.25) is 0 Å². The fourth-order valence-electron chi connectivity index (χ4n) is 5.79. The summed E-state index contributed by atoms with van der Waals surface area (Å²) in [6.07, 6.45) is 8.02. The molecule has 1 amide bonds. The van der Waals surface area contributed by atoms with Gasteiger partial charge in [-0.15, -0.1) is 10.2 Å². The van der Waals surface area contributed by atoms with Gasteiger partial charge in [0, 0.05) is 54.7 Å². The van der Waals surface area contributed by atoms with Crippen LogP contribution in [-0.2, 0) is 6.42 Å². The molecule has 1 saturated carbocycles. The number of hydrogen-bond donors (Lipinski definition) is 1. The molecule has 1 N–H and O–H groups in total. The summed E-state index contributed by atoms with van der Waals surface area (Å²) in [7, 11) is 1.67. The number of aryl methyl sites for hydroxylation is 1. The molecule has 7 rings (SSSR count). The number of nitrogens with one attached hydrogen (secondary N) is 1. The number of methoxy groups -OCH3 is 1. The lowest BCUT2D eigenvalue weighted by atomic mass is 9.82. The maximum atomic E-state index is 13.6. The lowest BCUT2D eigenvalue weighted by Crippen LogP contribution is -2.51. The normalized spacial score (nSPS) is 18.8. The molecule has 9 heteroatoms. The number of nitrogens with zero attached hydrogens (tertiary/aromatic N) is 5. The molecule has 2 aliphatic heterocycles. The highest BCUT2D eigenvalue weighted by Gasteiger charge is 2.41. The molecule has 4 heterocycles. The quantitative estimate of drug-likeness (QED) is 0.467. The summed E-state index contributed by atoms with van der Waals surface area (Å²) in [4.78, 5) is 15.5. The Balaban J connectivity index is 1.08. The Morgan fingerprint density at radius 3 is 2.75 bits per heavy atom. The van der Waals surface area contributed by atoms with E-state index in [2.05, 4.69) is 43.5 Å². The predicted molar refractivity (Wildman–Crippen MR) is 133 cm³/mol. The van der Waals surface area contributed by atoms with Crippen LogP contribution >= 0.6 is 0 Å². The smallest absolute Gasteiger partial charge is 0.254 e. The zero-order valence-corrected chi connectivity index (χ0v) is 20.2. The molecular weight excluding hydrogens is 456 g/mol. The van der Waals surface area contributed by atoms with E-state index in [1.165, 1.54) is 18.4 Å². The van der Waals surface area contributed by atoms with E-state index in [0.717, 1.165) is 53.6 Å². The average molecular weight is 485 g/mol. The molecule has 184 valence electrons. The fourth-order valence-corrected chi connectivity index (χ4v) is 5.79. The lowest BCUT2D eigenvalue weighted by molar-refractivity contribution is -0.0106. The number of rotatable bonds is 4. The first-order valence-electron chi connectivity index (χ1n) is 12.7. The summed E-state index contributed by atoms with van der Waals surface area (Å²) in [5, 5.41) is 15.4. The van der Waals surface area contributed by atoms with Crippen molar-refractivity contribution in [2.45, 2.75) is 50.2 Å². The van der Waals surface area contributed by atoms with Crippen molar-refractivity contribution in [3.05, 3.63) is 53.7 Å². The van der Waals surface area contributed by atoms with Gasteiger partial charge in [0.05, 0.1) is 12.6 Å². The van der Waals surface area contributed by atoms with Crippen molar-refractivity contribution in [1.82, 2.24) is 30.1 Å². The Bertz CT molecular complexity index is 1450. The molecule has 2 fully saturated rings. The van der Waals surface area contributed by atoms with Gasteiger partial charge in [-0.2, -0.15) is 5.21 Å². The van der Waals surface area contributed by atoms with Crippen LogP contribution in [-0.4, -0.2) is 61.8 Å². The molecule has 0 bridgehead atoms. The molecule has 3 aliphatic rings. The van der Waals surface area contributed by atoms with Crippen molar-refractivity contribution in [1.29, 1.82) is 0 Å². The number of aromatic amines is 1. The van der Waals surface area contributed by atoms with Crippen LogP contribution in [0.3, 0.4) is 0 Å². The van der Waals surface area contributed by atoms with Gasteiger partial charge in [-0.1, -0.05) is 0 Å². The molecule has 9 nitrogen and oxygen atoms in total. The number of carbonyl (C=O) groups excluding carboxylic acids is 1. The highest BCUT2D eigenvalue weighted by Crippen LogP contribution is 2.42. The molecule has 0 unspecified atom stereocenters. The second kappa shape index (κ2) is 8.08. The van der Waals surface area contributed by atoms with Crippen LogP contribution in [0.15, 0.2) is 42.6 Å². The van der Waals surface area contributed by atoms with Crippen LogP contribution in [0.4, 0.5) is 0 Å². The van der Waals surface area contributed by atoms with Crippen molar-refractivity contribution in [3.63, 3.8) is 0 Å². The molecule has 2 aromatic heterocycles. The van der Waals surface area contributed by atoms with Gasteiger partial charge in [-0.3, -0.25) is 4.79 Å². The zero-order chi connectivity index (χ0) is 24.3. The average Bonchev–Trinajstić information content (AvgIpc) is 3.42. The number of carbonyl (C=O) groups is 1. The standard InChI is InChI=1S/C27H28N6O3/c1-35-24-16-19(15-22-21(24)7-11-33(22)20-3-4-20)26(34)32-12-9-27(10-13-32)8-6-17-14-18(2-5-23(17)36-27)25-28-30-31-29-25/h2,5,7,11,14-16,20H,3-4,6,8-10,12-13H2,1H3,(H,28,29,30,31). The number of benzene rings is 2. The number of H-pyrrole nitrogens is 1. The van der Waals surface area contributed by atoms with Gasteiger partial charge in [0.1, 0.15) is 17.1 Å². The first-order valence-corrected chi connectivity index (χ1v) is 12.7. The SMILES string of the molecule is COc1cc(C(=O)N2CCC3(CCc4cc(-c5nn[nH]n5)ccc4O3)CC2)cc2c1ccn2C1CC1. The van der Waals surface area contributed by atoms with Crippen LogP contribution in [0, 0.1) is 0 Å². The number of tetrazole rings is 1. The second-order valence-corrected chi connectivity index (χ2v) is 10.2. The molecule has 2 aromatic carbocycles. The van der Waals surface area contributed by atoms with Crippen LogP contribution in [0.25, 0.3) is 22.3 Å². The third-order valence-electron chi connectivity index (χ3n) is 8.01. The Hall–Kier alpha value is -3.88. The molecule has 1 saturated heterocycles. The number of likely N-dealkylation sites (tertiary alicyclic amines) is 1. The Morgan fingerprint density at radius 1 is 1.14 bits per heavy atom. The minimum absolute atomic E-state index is 0.0644. The summed E-state index contributed by atoms with van der Waals surface area (Å²) in [5.74, 6) is 2.33. The number of hydrogen-bond acceptors (Lipinski definition) is 6. The zero-order valence-electron chi connectivity index (χ0n) is 20.2. The van der Waals surface area contributed by atoms with E-state index in [9.17, 15) is 4.79 Å². The van der Waals surface area contributed by atoms with Crippen LogP contribution in [0.1, 0.15) is 54.1 Å². The summed E-state index contributed by atoms with van der Waals surface area (Å²) in [5.41, 5.74) is 3.66. The van der Waals surface area contributed by atoms with Gasteiger partial charge >= 0.3 is 0 Å². The molecule has 0 radical (unpaired) electrons. The van der Waals surface area contributed by atoms with E-state index in [4.69, 9.17) is 9.47 Å². The van der Waals surface area contributed by atoms with Gasteiger partial charge in [-0.25, -0.2) is 0 Å². The van der Waals surface area contributed by atoms with Crippen molar-refractivity contribution >= 4 is 16.8 Å². The molecule has 1 spiro atoms. The maximum absolute atomic E-state index is 13.6. The number of amides is 1. The molecule has 4 aromatic rings. The van der Waals surface area contributed by atoms with E-state index < -0.39 is 0 Å². The highest BCUT2D eigenvalue weighted by atomic mass is 16.5. The molecule has 1 aliphatic carbocycles. The number of ether oxygens (including phenoxy) is 2. The highest BCUT2D eigenvalue weighted by molar-refractivity contribution is 6.00. The van der Waals surface area contributed by atoms with Gasteiger partial charge in [0.2, 0.25) is 5.82 Å². The van der Waals surface area contributed by atoms with Crippen LogP contribution in [0.5, 0.6) is 11.5 Å². The maximum Gasteiger partial charge on any atom is 0.254 e. The minimum Gasteiger partial charge on any atom is -0.496 e. The summed E-state index contributed by atoms with van der Waals surface area (Å²) in [6, 6.07) is 12.6. The predicted octanol–water partition coefficient (Wildman–Crippen LogP) is 4.16. The molecule has 0 atom stereocenters. The second-order valence-electron chi connectivity index (χ2n) is 10.2. The van der Waals surface area contributed by atoms with Gasteiger partial charge < -0.3 is 18.9 Å². The van der Waals surface area contributed by atoms with Crippen molar-refractivity contribution < 1.29 is 14.3 Å². The molecular formula is C27H28N6O3. The Labute approximate surface area is 208 Å². The summed E-state index contributed by atoms with van der Waals surface area (Å²) in [6.45, 7) is 1.36. The number of fused-ring (bicyclic) bond motifs is 2. The third-order valence-corrected chi connectivity index (χ3v) is 8.01. The number of piperidine rings is 1. The van der Waals surface area contributed by atoms with E-state index in [1.807, 2.05) is 29.2 Å². The van der Waals surface area contributed by atoms with Gasteiger partial charge in [0.15, 0.2) is 0 Å². The van der Waals surface area contributed by atoms with E-state index in [-0.39, 0.29) is 11.5 Å². The fraction of sp³-hybridized carbons (Fsp3) is 0.407. The van der Waals surface area contributed by atoms with Crippen molar-refractivity contribution in [2.24, 2.45) is 0 Å². The van der Waals surface area contributed by atoms with Gasteiger partial charge in [-0.05, 0) is 72.9 Å². The van der Waals surface area contributed by atoms with Crippen LogP contribution < -0.4 is 9.47 Å². The Morgan fingerprint density at radius 2 is 2.00 bits per heavy atom.